The quantitative estimate of drug-likeness (QED) is 0.426. The van der Waals surface area contributed by atoms with Gasteiger partial charge in [-0.25, -0.2) is 0 Å². The normalized spacial score (nSPS) is 9.96. The molecule has 0 heterocycles. The smallest absolute Gasteiger partial charge is 0.333 e. The number of rotatable bonds is 6. The van der Waals surface area contributed by atoms with Crippen molar-refractivity contribution in [2.45, 2.75) is 31.6 Å². The summed E-state index contributed by atoms with van der Waals surface area (Å²) in [6, 6.07) is 10.8. The molecule has 0 bridgehead atoms. The molecule has 0 aliphatic rings. The summed E-state index contributed by atoms with van der Waals surface area (Å²) in [5.41, 5.74) is 3.05. The summed E-state index contributed by atoms with van der Waals surface area (Å²) < 4.78 is 0. The van der Waals surface area contributed by atoms with Gasteiger partial charge < -0.3 is 5.11 Å². The lowest BCUT2D eigenvalue weighted by Gasteiger charge is -2.03. The third-order valence-corrected chi connectivity index (χ3v) is 4.41. The van der Waals surface area contributed by atoms with Gasteiger partial charge in [-0.1, -0.05) is 26.0 Å². The SMILES string of the molecule is CCc1ccc(O)c([N+](=O)N(C)C)c1.CCc1ccc(S)c([N+](=O)N(C)C)c1. The molecule has 0 fully saturated rings. The Kier molecular flexibility index (Phi) is 8.91. The van der Waals surface area contributed by atoms with Crippen molar-refractivity contribution in [3.05, 3.63) is 57.3 Å². The maximum atomic E-state index is 11.6. The summed E-state index contributed by atoms with van der Waals surface area (Å²) in [6.07, 6.45) is 1.76. The van der Waals surface area contributed by atoms with Crippen molar-refractivity contribution in [3.63, 3.8) is 0 Å². The van der Waals surface area contributed by atoms with E-state index in [2.05, 4.69) is 19.6 Å². The minimum Gasteiger partial charge on any atom is -0.502 e. The summed E-state index contributed by atoms with van der Waals surface area (Å²) >= 11 is 4.25. The van der Waals surface area contributed by atoms with Crippen LogP contribution in [0.2, 0.25) is 0 Å². The highest BCUT2D eigenvalue weighted by molar-refractivity contribution is 7.80. The van der Waals surface area contributed by atoms with E-state index in [4.69, 9.17) is 0 Å². The summed E-state index contributed by atoms with van der Waals surface area (Å²) in [4.78, 5) is 25.3. The van der Waals surface area contributed by atoms with Gasteiger partial charge in [0.05, 0.1) is 42.9 Å². The second kappa shape index (κ2) is 10.7. The molecule has 0 saturated heterocycles. The number of benzene rings is 2. The molecule has 2 aromatic carbocycles. The van der Waals surface area contributed by atoms with Crippen LogP contribution in [0.1, 0.15) is 25.0 Å². The van der Waals surface area contributed by atoms with Crippen molar-refractivity contribution in [2.24, 2.45) is 0 Å². The molecule has 0 aliphatic carbocycles. The van der Waals surface area contributed by atoms with Crippen LogP contribution in [0.15, 0.2) is 41.3 Å². The van der Waals surface area contributed by atoms with E-state index in [0.29, 0.717) is 15.5 Å². The standard InChI is InChI=1S/C10H14N2O2.C10H14N2OS/c1-4-8-5-6-10(13)9(7-8)12(14)11(2)3;1-4-8-5-6-10(14)9(7-8)12(13)11(2)3/h2*5-7H,4H2,1-3H3/p+2. The van der Waals surface area contributed by atoms with Gasteiger partial charge >= 0.3 is 11.4 Å². The van der Waals surface area contributed by atoms with Gasteiger partial charge in [0, 0.05) is 12.1 Å². The zero-order valence-electron chi connectivity index (χ0n) is 17.4. The molecule has 0 radical (unpaired) electrons. The molecular formula is C20H30N4O3S+2. The monoisotopic (exact) mass is 406 g/mol. The number of nitroso groups, excluding NO2 is 2. The third-order valence-electron chi connectivity index (χ3n) is 4.03. The molecule has 0 atom stereocenters. The van der Waals surface area contributed by atoms with E-state index < -0.39 is 0 Å². The molecule has 28 heavy (non-hydrogen) atoms. The predicted octanol–water partition coefficient (Wildman–Crippen LogP) is 4.27. The van der Waals surface area contributed by atoms with Crippen molar-refractivity contribution >= 4 is 24.0 Å². The zero-order chi connectivity index (χ0) is 21.4. The maximum Gasteiger partial charge on any atom is 0.333 e. The number of nitrogens with zero attached hydrogens (tertiary/aromatic N) is 4. The van der Waals surface area contributed by atoms with E-state index in [1.54, 1.807) is 40.3 Å². The molecule has 0 spiro atoms. The number of hydrogen-bond donors (Lipinski definition) is 2. The summed E-state index contributed by atoms with van der Waals surface area (Å²) in [5, 5.41) is 12.3. The summed E-state index contributed by atoms with van der Waals surface area (Å²) in [7, 11) is 6.67. The first kappa shape index (κ1) is 23.4. The topological polar surface area (TPSA) is 66.9 Å². The molecule has 0 aliphatic heterocycles. The molecule has 2 rings (SSSR count). The van der Waals surface area contributed by atoms with E-state index in [1.807, 2.05) is 31.2 Å². The number of aryl methyl sites for hydroxylation is 2. The summed E-state index contributed by atoms with van der Waals surface area (Å²) in [5.74, 6) is 0.00546. The molecular weight excluding hydrogens is 376 g/mol. The Morgan fingerprint density at radius 2 is 1.25 bits per heavy atom. The molecule has 7 nitrogen and oxygen atoms in total. The van der Waals surface area contributed by atoms with Crippen molar-refractivity contribution in [3.8, 4) is 5.75 Å². The third kappa shape index (κ3) is 6.23. The Morgan fingerprint density at radius 1 is 0.821 bits per heavy atom. The number of hydrogen-bond acceptors (Lipinski definition) is 4. The van der Waals surface area contributed by atoms with Crippen molar-refractivity contribution in [1.82, 2.24) is 10.0 Å². The van der Waals surface area contributed by atoms with E-state index >= 15 is 0 Å². The van der Waals surface area contributed by atoms with Crippen LogP contribution in [-0.4, -0.2) is 53.1 Å². The Hall–Kier alpha value is -2.61. The first-order valence-corrected chi connectivity index (χ1v) is 9.49. The van der Waals surface area contributed by atoms with Crippen LogP contribution in [0.5, 0.6) is 5.75 Å². The lowest BCUT2D eigenvalue weighted by atomic mass is 10.1. The average molecular weight is 407 g/mol. The second-order valence-corrected chi connectivity index (χ2v) is 7.08. The molecule has 0 aromatic heterocycles. The minimum absolute atomic E-state index is 0.00546. The molecule has 2 aromatic rings. The number of phenolic OH excluding ortho intramolecular Hbond substituents is 1. The number of thiol groups is 1. The van der Waals surface area contributed by atoms with Crippen molar-refractivity contribution < 1.29 is 14.8 Å². The van der Waals surface area contributed by atoms with E-state index in [9.17, 15) is 14.9 Å². The van der Waals surface area contributed by atoms with E-state index in [0.717, 1.165) is 28.8 Å². The molecule has 0 amide bonds. The first-order valence-electron chi connectivity index (χ1n) is 9.05. The Morgan fingerprint density at radius 3 is 1.71 bits per heavy atom. The van der Waals surface area contributed by atoms with Gasteiger partial charge in [-0.15, -0.1) is 22.6 Å². The molecule has 0 saturated carbocycles. The van der Waals surface area contributed by atoms with Gasteiger partial charge in [-0.3, -0.25) is 0 Å². The lowest BCUT2D eigenvalue weighted by molar-refractivity contribution is -0.629. The van der Waals surface area contributed by atoms with Crippen LogP contribution in [0.4, 0.5) is 11.4 Å². The molecule has 8 heteroatoms. The average Bonchev–Trinajstić information content (AvgIpc) is 2.68. The van der Waals surface area contributed by atoms with Crippen molar-refractivity contribution in [1.29, 1.82) is 0 Å². The minimum atomic E-state index is 0.00546. The van der Waals surface area contributed by atoms with Crippen LogP contribution < -0.4 is 0 Å². The first-order chi connectivity index (χ1) is 13.1. The van der Waals surface area contributed by atoms with Crippen molar-refractivity contribution in [2.75, 3.05) is 28.2 Å². The maximum absolute atomic E-state index is 11.6. The van der Waals surface area contributed by atoms with Gasteiger partial charge in [0.1, 0.15) is 0 Å². The van der Waals surface area contributed by atoms with Crippen LogP contribution in [0.3, 0.4) is 0 Å². The lowest BCUT2D eigenvalue weighted by Crippen LogP contribution is -2.21. The zero-order valence-corrected chi connectivity index (χ0v) is 18.3. The van der Waals surface area contributed by atoms with Crippen LogP contribution >= 0.6 is 12.6 Å². The molecule has 0 unspecified atom stereocenters. The van der Waals surface area contributed by atoms with Crippen LogP contribution in [-0.2, 0) is 12.8 Å². The van der Waals surface area contributed by atoms with E-state index in [1.165, 1.54) is 10.0 Å². The second-order valence-electron chi connectivity index (χ2n) is 6.59. The van der Waals surface area contributed by atoms with Gasteiger partial charge in [0.25, 0.3) is 0 Å². The fourth-order valence-electron chi connectivity index (χ4n) is 2.32. The van der Waals surface area contributed by atoms with E-state index in [-0.39, 0.29) is 11.4 Å². The highest BCUT2D eigenvalue weighted by Crippen LogP contribution is 2.27. The Balaban J connectivity index is 0.000000280. The highest BCUT2D eigenvalue weighted by atomic mass is 32.1. The van der Waals surface area contributed by atoms with Gasteiger partial charge in [0.15, 0.2) is 15.5 Å². The van der Waals surface area contributed by atoms with Crippen LogP contribution in [0, 0.1) is 9.81 Å². The van der Waals surface area contributed by atoms with Gasteiger partial charge in [-0.2, -0.15) is 0 Å². The van der Waals surface area contributed by atoms with Crippen LogP contribution in [0.25, 0.3) is 0 Å². The number of hydrazine groups is 2. The fraction of sp³-hybridized carbons (Fsp3) is 0.400. The highest BCUT2D eigenvalue weighted by Gasteiger charge is 2.22. The Labute approximate surface area is 172 Å². The molecule has 1 N–H and O–H groups in total. The molecule has 152 valence electrons. The number of phenols is 1. The van der Waals surface area contributed by atoms with Gasteiger partial charge in [0.2, 0.25) is 0 Å². The largest absolute Gasteiger partial charge is 0.502 e. The predicted molar refractivity (Wildman–Crippen MR) is 115 cm³/mol. The number of aromatic hydroxyl groups is 1. The fourth-order valence-corrected chi connectivity index (χ4v) is 2.54. The van der Waals surface area contributed by atoms with Gasteiger partial charge in [-0.05, 0) is 36.1 Å². The Bertz CT molecular complexity index is 769. The summed E-state index contributed by atoms with van der Waals surface area (Å²) in [6.45, 7) is 4.06.